The summed E-state index contributed by atoms with van der Waals surface area (Å²) in [6.07, 6.45) is 1.31. The maximum absolute atomic E-state index is 13.1. The molecule has 0 fully saturated rings. The van der Waals surface area contributed by atoms with E-state index >= 15 is 0 Å². The SMILES string of the molecule is Cc1ccc(Oc2ccc(OCC(=O)Nn3cnc4scc(-c5ccccc5)c4c3=O)cc2)cc1. The number of hydrogen-bond donors (Lipinski definition) is 1. The van der Waals surface area contributed by atoms with Gasteiger partial charge in [-0.1, -0.05) is 48.0 Å². The lowest BCUT2D eigenvalue weighted by atomic mass is 10.1. The van der Waals surface area contributed by atoms with Crippen LogP contribution in [0.5, 0.6) is 17.2 Å². The minimum absolute atomic E-state index is 0.266. The lowest BCUT2D eigenvalue weighted by Gasteiger charge is -2.10. The Labute approximate surface area is 205 Å². The van der Waals surface area contributed by atoms with Crippen LogP contribution in [0.15, 0.2) is 95.4 Å². The second-order valence-corrected chi connectivity index (χ2v) is 8.68. The van der Waals surface area contributed by atoms with Crippen LogP contribution in [0.2, 0.25) is 0 Å². The third-order valence-corrected chi connectivity index (χ3v) is 6.16. The van der Waals surface area contributed by atoms with Gasteiger partial charge >= 0.3 is 0 Å². The summed E-state index contributed by atoms with van der Waals surface area (Å²) < 4.78 is 12.5. The first-order valence-electron chi connectivity index (χ1n) is 10.9. The highest BCUT2D eigenvalue weighted by atomic mass is 32.1. The molecule has 0 spiro atoms. The van der Waals surface area contributed by atoms with Crippen molar-refractivity contribution in [3.05, 3.63) is 106 Å². The Kier molecular flexibility index (Phi) is 6.28. The van der Waals surface area contributed by atoms with Gasteiger partial charge in [0, 0.05) is 10.9 Å². The summed E-state index contributed by atoms with van der Waals surface area (Å²) in [6.45, 7) is 1.75. The smallest absolute Gasteiger partial charge is 0.281 e. The van der Waals surface area contributed by atoms with Crippen LogP contribution >= 0.6 is 11.3 Å². The molecule has 0 unspecified atom stereocenters. The zero-order chi connectivity index (χ0) is 24.2. The van der Waals surface area contributed by atoms with Crippen molar-refractivity contribution in [3.63, 3.8) is 0 Å². The number of ether oxygens (including phenoxy) is 2. The summed E-state index contributed by atoms with van der Waals surface area (Å²) in [7, 11) is 0. The van der Waals surface area contributed by atoms with Crippen LogP contribution in [0.3, 0.4) is 0 Å². The fourth-order valence-corrected chi connectivity index (χ4v) is 4.41. The summed E-state index contributed by atoms with van der Waals surface area (Å²) in [6, 6.07) is 24.3. The largest absolute Gasteiger partial charge is 0.484 e. The molecular formula is C27H21N3O4S. The van der Waals surface area contributed by atoms with Crippen molar-refractivity contribution < 1.29 is 14.3 Å². The number of thiophene rings is 1. The summed E-state index contributed by atoms with van der Waals surface area (Å²) in [5, 5.41) is 2.37. The highest BCUT2D eigenvalue weighted by molar-refractivity contribution is 7.17. The number of nitrogens with one attached hydrogen (secondary N) is 1. The second-order valence-electron chi connectivity index (χ2n) is 7.83. The Morgan fingerprint density at radius 3 is 2.31 bits per heavy atom. The van der Waals surface area contributed by atoms with E-state index in [1.165, 1.54) is 17.7 Å². The molecule has 0 bridgehead atoms. The van der Waals surface area contributed by atoms with Crippen molar-refractivity contribution in [2.75, 3.05) is 12.0 Å². The van der Waals surface area contributed by atoms with Gasteiger partial charge in [0.25, 0.3) is 11.5 Å². The van der Waals surface area contributed by atoms with E-state index < -0.39 is 5.91 Å². The number of carbonyl (C=O) groups excluding carboxylic acids is 1. The average molecular weight is 484 g/mol. The van der Waals surface area contributed by atoms with Gasteiger partial charge in [0.1, 0.15) is 28.4 Å². The van der Waals surface area contributed by atoms with Crippen molar-refractivity contribution in [3.8, 4) is 28.4 Å². The number of aromatic nitrogens is 2. The quantitative estimate of drug-likeness (QED) is 0.336. The van der Waals surface area contributed by atoms with Crippen LogP contribution in [0.4, 0.5) is 0 Å². The maximum atomic E-state index is 13.1. The predicted octanol–water partition coefficient (Wildman–Crippen LogP) is 5.37. The van der Waals surface area contributed by atoms with Gasteiger partial charge in [-0.15, -0.1) is 11.3 Å². The number of fused-ring (bicyclic) bond motifs is 1. The molecular weight excluding hydrogens is 462 g/mol. The van der Waals surface area contributed by atoms with E-state index in [-0.39, 0.29) is 12.2 Å². The molecule has 35 heavy (non-hydrogen) atoms. The predicted molar refractivity (Wildman–Crippen MR) is 137 cm³/mol. The molecule has 0 aliphatic rings. The van der Waals surface area contributed by atoms with Crippen LogP contribution < -0.4 is 20.5 Å². The number of rotatable bonds is 7. The molecule has 5 rings (SSSR count). The normalized spacial score (nSPS) is 10.8. The molecule has 0 saturated carbocycles. The van der Waals surface area contributed by atoms with E-state index in [1.54, 1.807) is 24.3 Å². The van der Waals surface area contributed by atoms with E-state index in [4.69, 9.17) is 9.47 Å². The van der Waals surface area contributed by atoms with E-state index in [2.05, 4.69) is 10.4 Å². The average Bonchev–Trinajstić information content (AvgIpc) is 3.32. The zero-order valence-electron chi connectivity index (χ0n) is 18.8. The summed E-state index contributed by atoms with van der Waals surface area (Å²) in [5.41, 5.74) is 5.06. The molecule has 0 saturated heterocycles. The third-order valence-electron chi connectivity index (χ3n) is 5.28. The Morgan fingerprint density at radius 2 is 1.60 bits per heavy atom. The molecule has 5 aromatic rings. The monoisotopic (exact) mass is 483 g/mol. The van der Waals surface area contributed by atoms with Gasteiger partial charge in [-0.05, 0) is 48.9 Å². The Morgan fingerprint density at radius 1 is 0.943 bits per heavy atom. The number of carbonyl (C=O) groups is 1. The Hall–Kier alpha value is -4.43. The minimum Gasteiger partial charge on any atom is -0.484 e. The van der Waals surface area contributed by atoms with Gasteiger partial charge in [-0.3, -0.25) is 15.0 Å². The van der Waals surface area contributed by atoms with Gasteiger partial charge in [0.2, 0.25) is 0 Å². The fourth-order valence-electron chi connectivity index (χ4n) is 3.50. The van der Waals surface area contributed by atoms with Crippen molar-refractivity contribution in [1.29, 1.82) is 0 Å². The van der Waals surface area contributed by atoms with Crippen molar-refractivity contribution in [2.45, 2.75) is 6.92 Å². The number of aryl methyl sites for hydroxylation is 1. The lowest BCUT2D eigenvalue weighted by Crippen LogP contribution is -2.35. The lowest BCUT2D eigenvalue weighted by molar-refractivity contribution is -0.119. The number of hydrogen-bond acceptors (Lipinski definition) is 6. The molecule has 174 valence electrons. The van der Waals surface area contributed by atoms with Gasteiger partial charge < -0.3 is 9.47 Å². The van der Waals surface area contributed by atoms with Gasteiger partial charge in [-0.25, -0.2) is 9.66 Å². The summed E-state index contributed by atoms with van der Waals surface area (Å²) >= 11 is 1.39. The Bertz CT molecular complexity index is 1530. The molecule has 2 heterocycles. The summed E-state index contributed by atoms with van der Waals surface area (Å²) in [4.78, 5) is 30.5. The van der Waals surface area contributed by atoms with E-state index in [9.17, 15) is 9.59 Å². The zero-order valence-corrected chi connectivity index (χ0v) is 19.6. The summed E-state index contributed by atoms with van der Waals surface area (Å²) in [5.74, 6) is 1.41. The molecule has 7 nitrogen and oxygen atoms in total. The van der Waals surface area contributed by atoms with Gasteiger partial charge in [0.15, 0.2) is 6.61 Å². The van der Waals surface area contributed by atoms with Gasteiger partial charge in [0.05, 0.1) is 5.39 Å². The highest BCUT2D eigenvalue weighted by Gasteiger charge is 2.14. The third kappa shape index (κ3) is 5.07. The number of benzene rings is 3. The molecule has 1 N–H and O–H groups in total. The first-order valence-corrected chi connectivity index (χ1v) is 11.8. The molecule has 0 radical (unpaired) electrons. The highest BCUT2D eigenvalue weighted by Crippen LogP contribution is 2.30. The topological polar surface area (TPSA) is 82.4 Å². The Balaban J connectivity index is 1.23. The second kappa shape index (κ2) is 9.82. The van der Waals surface area contributed by atoms with E-state index in [0.717, 1.165) is 27.1 Å². The van der Waals surface area contributed by atoms with Gasteiger partial charge in [-0.2, -0.15) is 0 Å². The molecule has 2 aromatic heterocycles. The number of nitrogens with zero attached hydrogens (tertiary/aromatic N) is 2. The van der Waals surface area contributed by atoms with E-state index in [0.29, 0.717) is 21.7 Å². The molecule has 8 heteroatoms. The first kappa shape index (κ1) is 22.4. The van der Waals surface area contributed by atoms with Crippen LogP contribution in [0.25, 0.3) is 21.3 Å². The van der Waals surface area contributed by atoms with Crippen molar-refractivity contribution in [1.82, 2.24) is 9.66 Å². The van der Waals surface area contributed by atoms with Crippen molar-refractivity contribution in [2.24, 2.45) is 0 Å². The van der Waals surface area contributed by atoms with Crippen LogP contribution in [0, 0.1) is 6.92 Å². The number of amides is 1. The standard InChI is InChI=1S/C27H21N3O4S/c1-18-7-9-21(10-8-18)34-22-13-11-20(12-14-22)33-15-24(31)29-30-17-28-26-25(27(30)32)23(16-35-26)19-5-3-2-4-6-19/h2-14,16-17H,15H2,1H3,(H,29,31). The molecule has 1 amide bonds. The van der Waals surface area contributed by atoms with Crippen LogP contribution in [-0.4, -0.2) is 22.2 Å². The molecule has 3 aromatic carbocycles. The van der Waals surface area contributed by atoms with Crippen molar-refractivity contribution >= 4 is 27.5 Å². The van der Waals surface area contributed by atoms with Crippen LogP contribution in [-0.2, 0) is 4.79 Å². The van der Waals surface area contributed by atoms with E-state index in [1.807, 2.05) is 66.9 Å². The van der Waals surface area contributed by atoms with Crippen LogP contribution in [0.1, 0.15) is 5.56 Å². The minimum atomic E-state index is -0.482. The molecule has 0 atom stereocenters. The molecule has 0 aliphatic carbocycles. The maximum Gasteiger partial charge on any atom is 0.281 e. The molecule has 0 aliphatic heterocycles. The first-order chi connectivity index (χ1) is 17.1. The fraction of sp³-hybridized carbons (Fsp3) is 0.0741.